The molecule has 2 aliphatic rings. The molecule has 2 heterocycles. The Labute approximate surface area is 286 Å². The highest BCUT2D eigenvalue weighted by Gasteiger charge is 2.45. The van der Waals surface area contributed by atoms with Crippen molar-refractivity contribution in [1.29, 1.82) is 0 Å². The number of hydrogen-bond donors (Lipinski definition) is 1. The van der Waals surface area contributed by atoms with Crippen molar-refractivity contribution in [3.05, 3.63) is 120 Å². The number of benzene rings is 4. The number of nitrogens with zero attached hydrogens (tertiary/aromatic N) is 2. The molecule has 1 N–H and O–H groups in total. The van der Waals surface area contributed by atoms with E-state index in [1.54, 1.807) is 0 Å². The van der Waals surface area contributed by atoms with Crippen LogP contribution in [0.15, 0.2) is 109 Å². The summed E-state index contributed by atoms with van der Waals surface area (Å²) < 4.78 is 34.6. The minimum Gasteiger partial charge on any atom is -0.344 e. The highest BCUT2D eigenvalue weighted by molar-refractivity contribution is 7.85. The molecule has 0 spiro atoms. The second kappa shape index (κ2) is 13.5. The summed E-state index contributed by atoms with van der Waals surface area (Å²) in [7, 11) is -3.98. The molecule has 0 amide bonds. The average Bonchev–Trinajstić information content (AvgIpc) is 3.41. The third kappa shape index (κ3) is 6.40. The molecule has 4 aromatic carbocycles. The van der Waals surface area contributed by atoms with E-state index >= 15 is 0 Å². The Bertz CT molecular complexity index is 2080. The van der Waals surface area contributed by atoms with Crippen molar-refractivity contribution in [2.75, 3.05) is 23.7 Å². The van der Waals surface area contributed by atoms with E-state index in [2.05, 4.69) is 147 Å². The van der Waals surface area contributed by atoms with E-state index in [0.29, 0.717) is 19.4 Å². The van der Waals surface area contributed by atoms with Crippen LogP contribution < -0.4 is 4.90 Å². The van der Waals surface area contributed by atoms with Gasteiger partial charge in [0.15, 0.2) is 5.71 Å². The minimum absolute atomic E-state index is 0.139. The van der Waals surface area contributed by atoms with Crippen molar-refractivity contribution < 1.29 is 17.5 Å². The molecule has 0 aliphatic carbocycles. The molecule has 0 aromatic heterocycles. The Morgan fingerprint density at radius 3 is 2.10 bits per heavy atom. The van der Waals surface area contributed by atoms with Crippen LogP contribution in [0.2, 0.25) is 0 Å². The third-order valence-electron chi connectivity index (χ3n) is 10.3. The van der Waals surface area contributed by atoms with Crippen molar-refractivity contribution in [2.45, 2.75) is 77.6 Å². The van der Waals surface area contributed by atoms with Gasteiger partial charge in [0.05, 0.1) is 11.2 Å². The predicted octanol–water partition coefficient (Wildman–Crippen LogP) is 10.0. The summed E-state index contributed by atoms with van der Waals surface area (Å²) in [5, 5.41) is 5.07. The van der Waals surface area contributed by atoms with Crippen molar-refractivity contribution >= 4 is 48.7 Å². The maximum Gasteiger partial charge on any atom is 0.264 e. The molecule has 0 fully saturated rings. The van der Waals surface area contributed by atoms with Gasteiger partial charge in [-0.25, -0.2) is 0 Å². The largest absolute Gasteiger partial charge is 0.344 e. The summed E-state index contributed by atoms with van der Waals surface area (Å²) >= 11 is 0. The maximum atomic E-state index is 11.4. The summed E-state index contributed by atoms with van der Waals surface area (Å²) in [5.41, 5.74) is 7.29. The monoisotopic (exact) mass is 661 g/mol. The molecule has 6 heteroatoms. The van der Waals surface area contributed by atoms with E-state index < -0.39 is 10.1 Å². The fourth-order valence-electron chi connectivity index (χ4n) is 7.98. The third-order valence-corrected chi connectivity index (χ3v) is 11.1. The van der Waals surface area contributed by atoms with E-state index in [1.807, 2.05) is 0 Å². The lowest BCUT2D eigenvalue weighted by molar-refractivity contribution is -0.438. The Hall–Kier alpha value is -4.00. The number of hydrogen-bond acceptors (Lipinski definition) is 3. The summed E-state index contributed by atoms with van der Waals surface area (Å²) in [6.07, 6.45) is 15.6. The van der Waals surface area contributed by atoms with Crippen LogP contribution in [-0.2, 0) is 20.9 Å². The molecule has 0 saturated heterocycles. The first kappa shape index (κ1) is 33.9. The van der Waals surface area contributed by atoms with Gasteiger partial charge in [0.1, 0.15) is 6.54 Å². The minimum atomic E-state index is -3.98. The van der Waals surface area contributed by atoms with Crippen molar-refractivity contribution in [2.24, 2.45) is 0 Å². The van der Waals surface area contributed by atoms with Crippen LogP contribution in [0.5, 0.6) is 0 Å². The van der Waals surface area contributed by atoms with Gasteiger partial charge >= 0.3 is 0 Å². The molecule has 0 saturated carbocycles. The molecule has 6 rings (SSSR count). The summed E-state index contributed by atoms with van der Waals surface area (Å²) in [5.74, 6) is -0.219. The first-order valence-electron chi connectivity index (χ1n) is 17.4. The van der Waals surface area contributed by atoms with E-state index in [9.17, 15) is 13.0 Å². The topological polar surface area (TPSA) is 60.6 Å². The summed E-state index contributed by atoms with van der Waals surface area (Å²) in [6, 6.07) is 26.2. The average molecular weight is 662 g/mol. The number of anilines is 1. The van der Waals surface area contributed by atoms with Crippen LogP contribution in [0.25, 0.3) is 21.5 Å². The Morgan fingerprint density at radius 2 is 1.42 bits per heavy atom. The van der Waals surface area contributed by atoms with Gasteiger partial charge in [-0.3, -0.25) is 4.55 Å². The molecule has 0 unspecified atom stereocenters. The zero-order chi connectivity index (χ0) is 34.1. The van der Waals surface area contributed by atoms with Gasteiger partial charge in [0.25, 0.3) is 10.1 Å². The summed E-state index contributed by atoms with van der Waals surface area (Å²) in [4.78, 5) is 2.34. The standard InChI is InChI=1S/C42H48N2O3S/c1-6-7-15-28-43-35-26-24-31-18-11-13-20-33(31)39(35)41(2,3)37(43)22-9-8-10-23-38-42(4,5)40-34-21-14-12-19-32(34)25-27-36(40)44(38)29-16-17-30-48(45,46)47/h8-14,18-27H,6-7,15-17,28-30H2,1-5H3/p+1. The van der Waals surface area contributed by atoms with E-state index in [4.69, 9.17) is 0 Å². The molecule has 250 valence electrons. The van der Waals surface area contributed by atoms with Crippen LogP contribution in [0, 0.1) is 0 Å². The number of unbranched alkanes of at least 4 members (excludes halogenated alkanes) is 3. The van der Waals surface area contributed by atoms with Crippen molar-refractivity contribution in [1.82, 2.24) is 0 Å². The van der Waals surface area contributed by atoms with Gasteiger partial charge < -0.3 is 4.90 Å². The number of fused-ring (bicyclic) bond motifs is 6. The molecule has 48 heavy (non-hydrogen) atoms. The van der Waals surface area contributed by atoms with E-state index in [0.717, 1.165) is 18.7 Å². The Kier molecular flexibility index (Phi) is 9.52. The maximum absolute atomic E-state index is 11.4. The first-order valence-corrected chi connectivity index (χ1v) is 19.0. The van der Waals surface area contributed by atoms with Gasteiger partial charge in [-0.15, -0.1) is 0 Å². The van der Waals surface area contributed by atoms with E-state index in [-0.39, 0.29) is 16.6 Å². The SMILES string of the molecule is CCCCC[N+]1=C(C=CC=CC=C2N(CCCCS(=O)(=O)O)c3ccc4ccccc4c3C2(C)C)C(C)(C)c2c1ccc1ccccc21. The molecular formula is C42H49N2O3S+. The zero-order valence-electron chi connectivity index (χ0n) is 29.0. The smallest absolute Gasteiger partial charge is 0.264 e. The second-order valence-electron chi connectivity index (χ2n) is 14.3. The molecule has 0 atom stereocenters. The first-order chi connectivity index (χ1) is 22.9. The number of rotatable bonds is 12. The fourth-order valence-corrected chi connectivity index (χ4v) is 8.55. The lowest BCUT2D eigenvalue weighted by Crippen LogP contribution is -2.28. The molecule has 0 bridgehead atoms. The van der Waals surface area contributed by atoms with Crippen molar-refractivity contribution in [3.8, 4) is 0 Å². The highest BCUT2D eigenvalue weighted by atomic mass is 32.2. The molecule has 5 nitrogen and oxygen atoms in total. The van der Waals surface area contributed by atoms with Crippen LogP contribution in [-0.4, -0.2) is 42.1 Å². The van der Waals surface area contributed by atoms with Crippen LogP contribution in [0.1, 0.15) is 77.8 Å². The quantitative estimate of drug-likeness (QED) is 0.0711. The summed E-state index contributed by atoms with van der Waals surface area (Å²) in [6.45, 7) is 13.2. The van der Waals surface area contributed by atoms with Crippen molar-refractivity contribution in [3.63, 3.8) is 0 Å². The van der Waals surface area contributed by atoms with Gasteiger partial charge in [-0.1, -0.05) is 100 Å². The lowest BCUT2D eigenvalue weighted by atomic mass is 9.79. The molecule has 0 radical (unpaired) electrons. The van der Waals surface area contributed by atoms with Gasteiger partial charge in [-0.2, -0.15) is 13.0 Å². The van der Waals surface area contributed by atoms with Gasteiger partial charge in [-0.05, 0) is 78.4 Å². The normalized spacial score (nSPS) is 17.9. The van der Waals surface area contributed by atoms with E-state index in [1.165, 1.54) is 62.6 Å². The van der Waals surface area contributed by atoms with Crippen LogP contribution in [0.4, 0.5) is 11.4 Å². The highest BCUT2D eigenvalue weighted by Crippen LogP contribution is 2.51. The fraction of sp³-hybridized carbons (Fsp3) is 0.357. The van der Waals surface area contributed by atoms with Gasteiger partial charge in [0, 0.05) is 47.5 Å². The second-order valence-corrected chi connectivity index (χ2v) is 15.9. The lowest BCUT2D eigenvalue weighted by Gasteiger charge is -2.27. The van der Waals surface area contributed by atoms with Crippen LogP contribution >= 0.6 is 0 Å². The predicted molar refractivity (Wildman–Crippen MR) is 203 cm³/mol. The molecule has 2 aliphatic heterocycles. The van der Waals surface area contributed by atoms with Gasteiger partial charge in [0.2, 0.25) is 5.69 Å². The number of allylic oxidation sites excluding steroid dienone is 6. The van der Waals surface area contributed by atoms with Crippen LogP contribution in [0.3, 0.4) is 0 Å². The Morgan fingerprint density at radius 1 is 0.750 bits per heavy atom. The molecule has 4 aromatic rings. The molecular weight excluding hydrogens is 613 g/mol. The Balaban J connectivity index is 1.33. The zero-order valence-corrected chi connectivity index (χ0v) is 29.9.